The lowest BCUT2D eigenvalue weighted by atomic mass is 10.0. The molecule has 1 fully saturated rings. The average molecular weight is 354 g/mol. The van der Waals surface area contributed by atoms with Gasteiger partial charge in [-0.15, -0.1) is 10.2 Å². The Hall–Kier alpha value is -2.45. The lowest BCUT2D eigenvalue weighted by Crippen LogP contribution is -2.35. The third-order valence-corrected chi connectivity index (χ3v) is 4.24. The Morgan fingerprint density at radius 1 is 1.36 bits per heavy atom. The van der Waals surface area contributed by atoms with Crippen molar-refractivity contribution in [2.45, 2.75) is 44.8 Å². The highest BCUT2D eigenvalue weighted by Gasteiger charge is 2.37. The fourth-order valence-electron chi connectivity index (χ4n) is 3.13. The summed E-state index contributed by atoms with van der Waals surface area (Å²) in [5.74, 6) is 0.481. The summed E-state index contributed by atoms with van der Waals surface area (Å²) in [7, 11) is 0. The van der Waals surface area contributed by atoms with Crippen molar-refractivity contribution in [3.63, 3.8) is 0 Å². The van der Waals surface area contributed by atoms with Gasteiger partial charge in [0.1, 0.15) is 5.69 Å². The van der Waals surface area contributed by atoms with Crippen LogP contribution in [0.3, 0.4) is 0 Å². The summed E-state index contributed by atoms with van der Waals surface area (Å²) in [5, 5.41) is 10.4. The molecule has 9 heteroatoms. The topological polar surface area (TPSA) is 80.9 Å². The molecule has 6 nitrogen and oxygen atoms in total. The number of halogens is 3. The number of nitrogens with one attached hydrogen (secondary N) is 1. The highest BCUT2D eigenvalue weighted by Crippen LogP contribution is 2.32. The molecule has 1 saturated carbocycles. The lowest BCUT2D eigenvalue weighted by Gasteiger charge is -2.15. The molecule has 1 N–H and O–H groups in total. The number of aryl methyl sites for hydroxylation is 1. The van der Waals surface area contributed by atoms with E-state index in [0.717, 1.165) is 18.6 Å². The molecule has 3 rings (SSSR count). The van der Waals surface area contributed by atoms with E-state index < -0.39 is 23.3 Å². The molecule has 2 atom stereocenters. The van der Waals surface area contributed by atoms with Crippen molar-refractivity contribution >= 4 is 5.91 Å². The van der Waals surface area contributed by atoms with Gasteiger partial charge in [0.15, 0.2) is 0 Å². The zero-order valence-electron chi connectivity index (χ0n) is 13.5. The van der Waals surface area contributed by atoms with E-state index in [4.69, 9.17) is 4.42 Å². The van der Waals surface area contributed by atoms with Gasteiger partial charge in [-0.3, -0.25) is 9.78 Å². The van der Waals surface area contributed by atoms with E-state index in [2.05, 4.69) is 20.5 Å². The fraction of sp³-hybridized carbons (Fsp3) is 0.500. The smallest absolute Gasteiger partial charge is 0.418 e. The highest BCUT2D eigenvalue weighted by molar-refractivity contribution is 5.94. The maximum absolute atomic E-state index is 13.0. The number of carbonyl (C=O) groups excluding carboxylic acids is 1. The number of hydrogen-bond acceptors (Lipinski definition) is 5. The second-order valence-corrected chi connectivity index (χ2v) is 6.17. The summed E-state index contributed by atoms with van der Waals surface area (Å²) in [4.78, 5) is 15.8. The van der Waals surface area contributed by atoms with Crippen molar-refractivity contribution in [3.8, 4) is 0 Å². The van der Waals surface area contributed by atoms with Crippen LogP contribution in [0.4, 0.5) is 13.2 Å². The molecule has 1 aliphatic rings. The Balaban J connectivity index is 1.61. The van der Waals surface area contributed by atoms with Crippen LogP contribution in [0.1, 0.15) is 47.1 Å². The molecule has 0 unspecified atom stereocenters. The molecule has 0 aliphatic heterocycles. The van der Waals surface area contributed by atoms with E-state index in [1.165, 1.54) is 6.20 Å². The number of aromatic nitrogens is 3. The number of nitrogens with zero attached hydrogens (tertiary/aromatic N) is 3. The Morgan fingerprint density at radius 2 is 2.16 bits per heavy atom. The molecule has 2 heterocycles. The molecule has 134 valence electrons. The van der Waals surface area contributed by atoms with Crippen molar-refractivity contribution in [2.75, 3.05) is 0 Å². The Labute approximate surface area is 141 Å². The Morgan fingerprint density at radius 3 is 2.84 bits per heavy atom. The number of pyridine rings is 1. The molecule has 1 aliphatic carbocycles. The number of amides is 1. The first-order valence-electron chi connectivity index (χ1n) is 7.95. The number of rotatable bonds is 4. The normalized spacial score (nSPS) is 20.6. The second kappa shape index (κ2) is 6.81. The third kappa shape index (κ3) is 4.15. The molecule has 25 heavy (non-hydrogen) atoms. The standard InChI is InChI=1S/C16H17F3N4O2/c1-9-22-23-13(25-9)8-10-4-5-11(7-10)21-15(24)14-12(16(17,18)19)3-2-6-20-14/h2-3,6,10-11H,4-5,7-8H2,1H3,(H,21,24)/t10-,11+/m1/s1. The molecule has 2 aromatic rings. The van der Waals surface area contributed by atoms with Crippen molar-refractivity contribution < 1.29 is 22.4 Å². The minimum atomic E-state index is -4.62. The van der Waals surface area contributed by atoms with Gasteiger partial charge in [0.25, 0.3) is 5.91 Å². The Kier molecular flexibility index (Phi) is 4.73. The highest BCUT2D eigenvalue weighted by atomic mass is 19.4. The first-order chi connectivity index (χ1) is 11.8. The minimum absolute atomic E-state index is 0.190. The van der Waals surface area contributed by atoms with Crippen LogP contribution in [0.2, 0.25) is 0 Å². The quantitative estimate of drug-likeness (QED) is 0.913. The molecular formula is C16H17F3N4O2. The van der Waals surface area contributed by atoms with E-state index in [9.17, 15) is 18.0 Å². The zero-order valence-corrected chi connectivity index (χ0v) is 13.5. The van der Waals surface area contributed by atoms with Gasteiger partial charge in [-0.1, -0.05) is 0 Å². The lowest BCUT2D eigenvalue weighted by molar-refractivity contribution is -0.138. The maximum atomic E-state index is 13.0. The fourth-order valence-corrected chi connectivity index (χ4v) is 3.13. The first-order valence-corrected chi connectivity index (χ1v) is 7.95. The van der Waals surface area contributed by atoms with E-state index in [0.29, 0.717) is 31.0 Å². The van der Waals surface area contributed by atoms with Crippen LogP contribution in [0.15, 0.2) is 22.7 Å². The van der Waals surface area contributed by atoms with Gasteiger partial charge in [0.05, 0.1) is 5.56 Å². The van der Waals surface area contributed by atoms with Crippen LogP contribution in [-0.2, 0) is 12.6 Å². The predicted octanol–water partition coefficient (Wildman–Crippen LogP) is 2.93. The van der Waals surface area contributed by atoms with E-state index >= 15 is 0 Å². The van der Waals surface area contributed by atoms with Crippen LogP contribution in [0.25, 0.3) is 0 Å². The van der Waals surface area contributed by atoms with Crippen molar-refractivity contribution in [3.05, 3.63) is 41.4 Å². The summed E-state index contributed by atoms with van der Waals surface area (Å²) in [5.41, 5.74) is -1.62. The van der Waals surface area contributed by atoms with Gasteiger partial charge in [-0.25, -0.2) is 0 Å². The van der Waals surface area contributed by atoms with Crippen LogP contribution in [0.5, 0.6) is 0 Å². The van der Waals surface area contributed by atoms with E-state index in [1.54, 1.807) is 6.92 Å². The van der Waals surface area contributed by atoms with Gasteiger partial charge < -0.3 is 9.73 Å². The van der Waals surface area contributed by atoms with Crippen LogP contribution < -0.4 is 5.32 Å². The average Bonchev–Trinajstić information content (AvgIpc) is 3.16. The maximum Gasteiger partial charge on any atom is 0.418 e. The predicted molar refractivity (Wildman–Crippen MR) is 80.6 cm³/mol. The molecule has 0 spiro atoms. The largest absolute Gasteiger partial charge is 0.426 e. The zero-order chi connectivity index (χ0) is 18.0. The number of alkyl halides is 3. The van der Waals surface area contributed by atoms with Gasteiger partial charge in [0, 0.05) is 25.6 Å². The molecule has 2 aromatic heterocycles. The molecule has 0 saturated heterocycles. The van der Waals surface area contributed by atoms with Crippen LogP contribution in [0, 0.1) is 12.8 Å². The van der Waals surface area contributed by atoms with Crippen LogP contribution in [-0.4, -0.2) is 27.1 Å². The van der Waals surface area contributed by atoms with E-state index in [-0.39, 0.29) is 12.0 Å². The van der Waals surface area contributed by atoms with Crippen LogP contribution >= 0.6 is 0 Å². The summed E-state index contributed by atoms with van der Waals surface area (Å²) in [6.45, 7) is 1.71. The number of hydrogen-bond donors (Lipinski definition) is 1. The summed E-state index contributed by atoms with van der Waals surface area (Å²) in [6, 6.07) is 1.83. The van der Waals surface area contributed by atoms with Gasteiger partial charge >= 0.3 is 6.18 Å². The summed E-state index contributed by atoms with van der Waals surface area (Å²) >= 11 is 0. The van der Waals surface area contributed by atoms with E-state index in [1.807, 2.05) is 0 Å². The Bertz CT molecular complexity index is 760. The monoisotopic (exact) mass is 354 g/mol. The van der Waals surface area contributed by atoms with Gasteiger partial charge in [0.2, 0.25) is 11.8 Å². The van der Waals surface area contributed by atoms with Gasteiger partial charge in [-0.2, -0.15) is 13.2 Å². The van der Waals surface area contributed by atoms with Crippen molar-refractivity contribution in [1.29, 1.82) is 0 Å². The SMILES string of the molecule is Cc1nnc(C[C@@H]2CC[C@H](NC(=O)c3ncccc3C(F)(F)F)C2)o1. The third-order valence-electron chi connectivity index (χ3n) is 4.24. The first kappa shape index (κ1) is 17.4. The molecular weight excluding hydrogens is 337 g/mol. The van der Waals surface area contributed by atoms with Crippen molar-refractivity contribution in [2.24, 2.45) is 5.92 Å². The van der Waals surface area contributed by atoms with Gasteiger partial charge in [-0.05, 0) is 37.3 Å². The molecule has 1 amide bonds. The second-order valence-electron chi connectivity index (χ2n) is 6.17. The summed E-state index contributed by atoms with van der Waals surface area (Å²) < 4.78 is 44.3. The molecule has 0 aromatic carbocycles. The van der Waals surface area contributed by atoms with Crippen molar-refractivity contribution in [1.82, 2.24) is 20.5 Å². The summed E-state index contributed by atoms with van der Waals surface area (Å²) in [6.07, 6.45) is -0.654. The number of carbonyl (C=O) groups is 1. The molecule has 0 radical (unpaired) electrons. The minimum Gasteiger partial charge on any atom is -0.426 e. The molecule has 0 bridgehead atoms.